The van der Waals surface area contributed by atoms with Crippen molar-refractivity contribution in [2.45, 2.75) is 24.8 Å². The lowest BCUT2D eigenvalue weighted by atomic mass is 9.85. The molecule has 3 heteroatoms. The number of fused-ring (bicyclic) bond motifs is 1. The van der Waals surface area contributed by atoms with Crippen LogP contribution in [0.2, 0.25) is 0 Å². The van der Waals surface area contributed by atoms with Gasteiger partial charge in [-0.3, -0.25) is 0 Å². The molecule has 1 aliphatic rings. The normalized spacial score (nSPS) is 25.3. The Balaban J connectivity index is 2.55. The molecule has 1 nitrogen and oxygen atoms in total. The first-order valence-corrected chi connectivity index (χ1v) is 4.34. The maximum absolute atomic E-state index is 13.3. The van der Waals surface area contributed by atoms with E-state index in [9.17, 15) is 8.78 Å². The van der Waals surface area contributed by atoms with Crippen molar-refractivity contribution in [1.29, 1.82) is 0 Å². The van der Waals surface area contributed by atoms with Gasteiger partial charge < -0.3 is 5.73 Å². The summed E-state index contributed by atoms with van der Waals surface area (Å²) in [5.74, 6) is -2.69. The molecule has 0 spiro atoms. The van der Waals surface area contributed by atoms with Crippen LogP contribution in [0.4, 0.5) is 8.78 Å². The fourth-order valence-electron chi connectivity index (χ4n) is 1.78. The second-order valence-electron chi connectivity index (χ2n) is 3.44. The Labute approximate surface area is 75.6 Å². The second kappa shape index (κ2) is 2.77. The molecule has 0 unspecified atom stereocenters. The minimum Gasteiger partial charge on any atom is -0.324 e. The van der Waals surface area contributed by atoms with E-state index in [1.54, 1.807) is 18.2 Å². The summed E-state index contributed by atoms with van der Waals surface area (Å²) in [7, 11) is 0. The molecule has 1 aromatic rings. The Morgan fingerprint density at radius 3 is 2.69 bits per heavy atom. The van der Waals surface area contributed by atoms with Gasteiger partial charge >= 0.3 is 0 Å². The number of nitrogens with two attached hydrogens (primary N) is 1. The van der Waals surface area contributed by atoms with Crippen LogP contribution in [-0.4, -0.2) is 0 Å². The molecule has 1 atom stereocenters. The molecule has 0 radical (unpaired) electrons. The molecular weight excluding hydrogens is 172 g/mol. The molecule has 0 aliphatic heterocycles. The monoisotopic (exact) mass is 183 g/mol. The standard InChI is InChI=1S/C10H11F2N/c11-10(12)6-5-9(13)7-3-1-2-4-8(7)10/h1-4,9H,5-6,13H2/t9-/m1/s1. The zero-order valence-electron chi connectivity index (χ0n) is 7.13. The van der Waals surface area contributed by atoms with E-state index < -0.39 is 5.92 Å². The van der Waals surface area contributed by atoms with Gasteiger partial charge in [0.25, 0.3) is 5.92 Å². The SMILES string of the molecule is N[C@@H]1CCC(F)(F)c2ccccc21. The highest BCUT2D eigenvalue weighted by atomic mass is 19.3. The summed E-state index contributed by atoms with van der Waals surface area (Å²) in [5, 5.41) is 0. The summed E-state index contributed by atoms with van der Waals surface area (Å²) >= 11 is 0. The number of hydrogen-bond donors (Lipinski definition) is 1. The van der Waals surface area contributed by atoms with Gasteiger partial charge in [0.1, 0.15) is 0 Å². The molecular formula is C10H11F2N. The van der Waals surface area contributed by atoms with Gasteiger partial charge in [0.2, 0.25) is 0 Å². The molecule has 0 bridgehead atoms. The van der Waals surface area contributed by atoms with E-state index in [0.717, 1.165) is 0 Å². The van der Waals surface area contributed by atoms with Gasteiger partial charge in [0.15, 0.2) is 0 Å². The highest BCUT2D eigenvalue weighted by molar-refractivity contribution is 5.35. The second-order valence-corrected chi connectivity index (χ2v) is 3.44. The average Bonchev–Trinajstić information content (AvgIpc) is 2.13. The largest absolute Gasteiger partial charge is 0.324 e. The van der Waals surface area contributed by atoms with Gasteiger partial charge in [-0.25, -0.2) is 8.78 Å². The van der Waals surface area contributed by atoms with Crippen LogP contribution in [0.25, 0.3) is 0 Å². The lowest BCUT2D eigenvalue weighted by Crippen LogP contribution is -2.27. The minimum absolute atomic E-state index is 0.105. The predicted octanol–water partition coefficient (Wildman–Crippen LogP) is 2.57. The lowest BCUT2D eigenvalue weighted by molar-refractivity contribution is -0.0250. The van der Waals surface area contributed by atoms with Crippen LogP contribution in [0, 0.1) is 0 Å². The van der Waals surface area contributed by atoms with Crippen molar-refractivity contribution in [2.24, 2.45) is 5.73 Å². The van der Waals surface area contributed by atoms with Crippen molar-refractivity contribution in [3.63, 3.8) is 0 Å². The van der Waals surface area contributed by atoms with Crippen molar-refractivity contribution in [3.05, 3.63) is 35.4 Å². The Kier molecular flexibility index (Phi) is 1.84. The Morgan fingerprint density at radius 2 is 2.00 bits per heavy atom. The first-order chi connectivity index (χ1) is 6.11. The summed E-state index contributed by atoms with van der Waals surface area (Å²) in [4.78, 5) is 0. The van der Waals surface area contributed by atoms with Crippen LogP contribution in [-0.2, 0) is 5.92 Å². The van der Waals surface area contributed by atoms with Crippen molar-refractivity contribution in [1.82, 2.24) is 0 Å². The molecule has 0 aromatic heterocycles. The van der Waals surface area contributed by atoms with Crippen LogP contribution in [0.15, 0.2) is 24.3 Å². The van der Waals surface area contributed by atoms with E-state index in [4.69, 9.17) is 5.73 Å². The fraction of sp³-hybridized carbons (Fsp3) is 0.400. The third-order valence-electron chi connectivity index (χ3n) is 2.52. The van der Waals surface area contributed by atoms with Gasteiger partial charge in [0, 0.05) is 18.0 Å². The van der Waals surface area contributed by atoms with Crippen molar-refractivity contribution in [2.75, 3.05) is 0 Å². The van der Waals surface area contributed by atoms with E-state index in [-0.39, 0.29) is 18.0 Å². The summed E-state index contributed by atoms with van der Waals surface area (Å²) in [6.45, 7) is 0. The number of benzene rings is 1. The van der Waals surface area contributed by atoms with Gasteiger partial charge in [0.05, 0.1) is 0 Å². The van der Waals surface area contributed by atoms with Crippen LogP contribution >= 0.6 is 0 Å². The van der Waals surface area contributed by atoms with Crippen molar-refractivity contribution in [3.8, 4) is 0 Å². The molecule has 1 aromatic carbocycles. The van der Waals surface area contributed by atoms with E-state index in [1.807, 2.05) is 0 Å². The molecule has 2 N–H and O–H groups in total. The predicted molar refractivity (Wildman–Crippen MR) is 46.5 cm³/mol. The van der Waals surface area contributed by atoms with Crippen LogP contribution in [0.5, 0.6) is 0 Å². The number of rotatable bonds is 0. The molecule has 1 aliphatic carbocycles. The maximum atomic E-state index is 13.3. The average molecular weight is 183 g/mol. The van der Waals surface area contributed by atoms with Crippen LogP contribution in [0.3, 0.4) is 0 Å². The molecule has 0 fully saturated rings. The summed E-state index contributed by atoms with van der Waals surface area (Å²) in [5.41, 5.74) is 6.44. The van der Waals surface area contributed by atoms with E-state index in [0.29, 0.717) is 12.0 Å². The Morgan fingerprint density at radius 1 is 1.31 bits per heavy atom. The molecule has 13 heavy (non-hydrogen) atoms. The Hall–Kier alpha value is -0.960. The third-order valence-corrected chi connectivity index (χ3v) is 2.52. The van der Waals surface area contributed by atoms with E-state index in [2.05, 4.69) is 0 Å². The smallest absolute Gasteiger partial charge is 0.273 e. The van der Waals surface area contributed by atoms with Crippen LogP contribution < -0.4 is 5.73 Å². The quantitative estimate of drug-likeness (QED) is 0.657. The van der Waals surface area contributed by atoms with Crippen LogP contribution in [0.1, 0.15) is 30.0 Å². The number of halogens is 2. The van der Waals surface area contributed by atoms with Gasteiger partial charge in [-0.15, -0.1) is 0 Å². The third kappa shape index (κ3) is 1.33. The van der Waals surface area contributed by atoms with E-state index >= 15 is 0 Å². The molecule has 0 saturated carbocycles. The first kappa shape index (κ1) is 8.63. The summed E-state index contributed by atoms with van der Waals surface area (Å²) in [6, 6.07) is 6.31. The van der Waals surface area contributed by atoms with Gasteiger partial charge in [-0.1, -0.05) is 24.3 Å². The number of hydrogen-bond acceptors (Lipinski definition) is 1. The van der Waals surface area contributed by atoms with Gasteiger partial charge in [-0.05, 0) is 12.0 Å². The fourth-order valence-corrected chi connectivity index (χ4v) is 1.78. The molecule has 2 rings (SSSR count). The first-order valence-electron chi connectivity index (χ1n) is 4.34. The topological polar surface area (TPSA) is 26.0 Å². The van der Waals surface area contributed by atoms with E-state index in [1.165, 1.54) is 6.07 Å². The highest BCUT2D eigenvalue weighted by Gasteiger charge is 2.38. The highest BCUT2D eigenvalue weighted by Crippen LogP contribution is 2.42. The zero-order chi connectivity index (χ0) is 9.47. The minimum atomic E-state index is -2.69. The van der Waals surface area contributed by atoms with Gasteiger partial charge in [-0.2, -0.15) is 0 Å². The molecule has 0 saturated heterocycles. The number of alkyl halides is 2. The molecule has 70 valence electrons. The molecule has 0 amide bonds. The summed E-state index contributed by atoms with van der Waals surface area (Å²) < 4.78 is 26.6. The van der Waals surface area contributed by atoms with Crippen molar-refractivity contribution < 1.29 is 8.78 Å². The molecule has 0 heterocycles. The van der Waals surface area contributed by atoms with Crippen molar-refractivity contribution >= 4 is 0 Å². The zero-order valence-corrected chi connectivity index (χ0v) is 7.13. The Bertz CT molecular complexity index is 322. The summed E-state index contributed by atoms with van der Waals surface area (Å²) in [6.07, 6.45) is 0.231. The maximum Gasteiger partial charge on any atom is 0.273 e. The lowest BCUT2D eigenvalue weighted by Gasteiger charge is -2.29.